The molecule has 5 aromatic heterocycles. The van der Waals surface area contributed by atoms with E-state index in [4.69, 9.17) is 9.97 Å². The van der Waals surface area contributed by atoms with Crippen LogP contribution in [0.1, 0.15) is 0 Å². The van der Waals surface area contributed by atoms with Crippen LogP contribution in [-0.2, 0) is 0 Å². The first-order chi connectivity index (χ1) is 24.3. The van der Waals surface area contributed by atoms with Gasteiger partial charge >= 0.3 is 0 Å². The molecule has 0 unspecified atom stereocenters. The number of hydrogen-bond donors (Lipinski definition) is 0. The molecule has 226 valence electrons. The number of para-hydroxylation sites is 5. The van der Waals surface area contributed by atoms with Crippen molar-refractivity contribution in [1.82, 2.24) is 18.9 Å². The maximum Gasteiger partial charge on any atom is 0.165 e. The number of benzene rings is 7. The molecule has 0 amide bonds. The van der Waals surface area contributed by atoms with E-state index in [0.717, 1.165) is 38.8 Å². The second kappa shape index (κ2) is 9.19. The van der Waals surface area contributed by atoms with Gasteiger partial charge in [0.15, 0.2) is 5.65 Å². The summed E-state index contributed by atoms with van der Waals surface area (Å²) in [5.41, 5.74) is 12.1. The standard InChI is InChI=1S/C44H24N4S/c1-2-11-26(12-3-1)47-35-19-8-4-13-28(35)29-16-10-15-27(42(29)47)25-21-22-36-31(23-25)40-39-30-14-5-9-20-37(30)49-38(39)24-32-41-44(48(36)43(32)40)46-34-18-7-6-17-33(34)45-41/h1-24H. The van der Waals surface area contributed by atoms with Crippen LogP contribution in [0.15, 0.2) is 146 Å². The highest BCUT2D eigenvalue weighted by Gasteiger charge is 2.25. The predicted molar refractivity (Wildman–Crippen MR) is 207 cm³/mol. The number of hydrogen-bond acceptors (Lipinski definition) is 3. The van der Waals surface area contributed by atoms with Crippen LogP contribution in [0, 0.1) is 0 Å². The largest absolute Gasteiger partial charge is 0.309 e. The van der Waals surface area contributed by atoms with Gasteiger partial charge in [0, 0.05) is 58.4 Å². The minimum atomic E-state index is 0.911. The molecule has 0 saturated heterocycles. The highest BCUT2D eigenvalue weighted by molar-refractivity contribution is 7.26. The Kier molecular flexibility index (Phi) is 4.83. The zero-order chi connectivity index (χ0) is 31.8. The van der Waals surface area contributed by atoms with Crippen molar-refractivity contribution in [2.24, 2.45) is 0 Å². The molecule has 4 nitrogen and oxygen atoms in total. The molecular weight excluding hydrogens is 617 g/mol. The SMILES string of the molecule is c1ccc(-n2c3ccccc3c3cccc(-c4ccc5c(c4)c4c6c(cc7c8nc9ccccc9nc8n5c74)sc4ccccc46)c32)cc1. The summed E-state index contributed by atoms with van der Waals surface area (Å²) in [6.07, 6.45) is 0. The second-order valence-corrected chi connectivity index (χ2v) is 14.0. The van der Waals surface area contributed by atoms with Crippen molar-refractivity contribution in [3.63, 3.8) is 0 Å². The Labute approximate surface area is 283 Å². The van der Waals surface area contributed by atoms with E-state index < -0.39 is 0 Å². The molecule has 0 aliphatic carbocycles. The van der Waals surface area contributed by atoms with Crippen molar-refractivity contribution in [3.05, 3.63) is 146 Å². The highest BCUT2D eigenvalue weighted by Crippen LogP contribution is 2.48. The number of fused-ring (bicyclic) bond motifs is 14. The van der Waals surface area contributed by atoms with Gasteiger partial charge < -0.3 is 4.57 Å². The summed E-state index contributed by atoms with van der Waals surface area (Å²) >= 11 is 1.86. The fourth-order valence-electron chi connectivity index (χ4n) is 8.41. The fraction of sp³-hybridized carbons (Fsp3) is 0. The van der Waals surface area contributed by atoms with Gasteiger partial charge in [-0.25, -0.2) is 9.97 Å². The molecular formula is C44H24N4S. The van der Waals surface area contributed by atoms with Gasteiger partial charge in [-0.1, -0.05) is 91.0 Å². The Hall–Kier alpha value is -6.30. The number of rotatable bonds is 2. The lowest BCUT2D eigenvalue weighted by atomic mass is 9.98. The van der Waals surface area contributed by atoms with E-state index in [2.05, 4.69) is 142 Å². The van der Waals surface area contributed by atoms with Crippen LogP contribution < -0.4 is 0 Å². The van der Waals surface area contributed by atoms with E-state index in [0.29, 0.717) is 0 Å². The summed E-state index contributed by atoms with van der Waals surface area (Å²) < 4.78 is 7.38. The Bertz CT molecular complexity index is 3330. The average molecular weight is 641 g/mol. The van der Waals surface area contributed by atoms with Crippen LogP contribution in [0.5, 0.6) is 0 Å². The van der Waals surface area contributed by atoms with Crippen molar-refractivity contribution in [1.29, 1.82) is 0 Å². The third kappa shape index (κ3) is 3.27. The van der Waals surface area contributed by atoms with Gasteiger partial charge in [-0.05, 0) is 60.2 Å². The molecule has 0 N–H and O–H groups in total. The van der Waals surface area contributed by atoms with Crippen LogP contribution in [0.2, 0.25) is 0 Å². The van der Waals surface area contributed by atoms with Crippen LogP contribution in [0.4, 0.5) is 0 Å². The lowest BCUT2D eigenvalue weighted by molar-refractivity contribution is 1.18. The Morgan fingerprint density at radius 1 is 0.469 bits per heavy atom. The highest BCUT2D eigenvalue weighted by atomic mass is 32.1. The molecule has 0 aliphatic rings. The molecule has 5 heteroatoms. The van der Waals surface area contributed by atoms with Crippen molar-refractivity contribution < 1.29 is 0 Å². The van der Waals surface area contributed by atoms with Crippen molar-refractivity contribution >= 4 is 103 Å². The van der Waals surface area contributed by atoms with Gasteiger partial charge in [-0.15, -0.1) is 11.3 Å². The maximum absolute atomic E-state index is 5.25. The van der Waals surface area contributed by atoms with E-state index in [1.807, 2.05) is 23.5 Å². The summed E-state index contributed by atoms with van der Waals surface area (Å²) in [7, 11) is 0. The van der Waals surface area contributed by atoms with Gasteiger partial charge in [0.2, 0.25) is 0 Å². The topological polar surface area (TPSA) is 35.1 Å². The van der Waals surface area contributed by atoms with Crippen LogP contribution >= 0.6 is 11.3 Å². The quantitative estimate of drug-likeness (QED) is 0.188. The Balaban J connectivity index is 1.26. The maximum atomic E-state index is 5.25. The molecule has 0 bridgehead atoms. The molecule has 12 aromatic rings. The first-order valence-electron chi connectivity index (χ1n) is 16.6. The van der Waals surface area contributed by atoms with Gasteiger partial charge in [0.1, 0.15) is 5.52 Å². The minimum Gasteiger partial charge on any atom is -0.309 e. The van der Waals surface area contributed by atoms with Gasteiger partial charge in [0.25, 0.3) is 0 Å². The monoisotopic (exact) mass is 640 g/mol. The first kappa shape index (κ1) is 25.7. The molecule has 5 heterocycles. The summed E-state index contributed by atoms with van der Waals surface area (Å²) in [5, 5.41) is 8.80. The molecule has 0 radical (unpaired) electrons. The molecule has 0 fully saturated rings. The van der Waals surface area contributed by atoms with E-state index >= 15 is 0 Å². The van der Waals surface area contributed by atoms with Crippen molar-refractivity contribution in [2.45, 2.75) is 0 Å². The molecule has 7 aromatic carbocycles. The van der Waals surface area contributed by atoms with Crippen LogP contribution in [0.3, 0.4) is 0 Å². The van der Waals surface area contributed by atoms with E-state index in [1.165, 1.54) is 69.4 Å². The number of aromatic nitrogens is 4. The normalized spacial score (nSPS) is 12.5. The average Bonchev–Trinajstić information content (AvgIpc) is 3.89. The number of thiophene rings is 1. The predicted octanol–water partition coefficient (Wildman–Crippen LogP) is 11.9. The van der Waals surface area contributed by atoms with Gasteiger partial charge in [-0.3, -0.25) is 4.40 Å². The third-order valence-electron chi connectivity index (χ3n) is 10.4. The summed E-state index contributed by atoms with van der Waals surface area (Å²) in [4.78, 5) is 10.5. The first-order valence-corrected chi connectivity index (χ1v) is 17.4. The molecule has 0 saturated carbocycles. The molecule has 49 heavy (non-hydrogen) atoms. The fourth-order valence-corrected chi connectivity index (χ4v) is 9.57. The van der Waals surface area contributed by atoms with Gasteiger partial charge in [-0.2, -0.15) is 0 Å². The van der Waals surface area contributed by atoms with Gasteiger partial charge in [0.05, 0.1) is 33.1 Å². The van der Waals surface area contributed by atoms with E-state index in [-0.39, 0.29) is 0 Å². The zero-order valence-corrected chi connectivity index (χ0v) is 26.9. The molecule has 0 atom stereocenters. The second-order valence-electron chi connectivity index (χ2n) is 13.0. The Morgan fingerprint density at radius 3 is 2.12 bits per heavy atom. The molecule has 0 spiro atoms. The minimum absolute atomic E-state index is 0.911. The number of nitrogens with zero attached hydrogens (tertiary/aromatic N) is 4. The van der Waals surface area contributed by atoms with Crippen molar-refractivity contribution in [3.8, 4) is 16.8 Å². The lowest BCUT2D eigenvalue weighted by Crippen LogP contribution is -1.95. The molecule has 0 aliphatic heterocycles. The smallest absolute Gasteiger partial charge is 0.165 e. The summed E-state index contributed by atoms with van der Waals surface area (Å²) in [5.74, 6) is 0. The van der Waals surface area contributed by atoms with Crippen LogP contribution in [0.25, 0.3) is 108 Å². The molecule has 12 rings (SSSR count). The van der Waals surface area contributed by atoms with Crippen LogP contribution in [-0.4, -0.2) is 18.9 Å². The lowest BCUT2D eigenvalue weighted by Gasteiger charge is -2.12. The third-order valence-corrected chi connectivity index (χ3v) is 11.5. The van der Waals surface area contributed by atoms with Crippen molar-refractivity contribution in [2.75, 3.05) is 0 Å². The van der Waals surface area contributed by atoms with E-state index in [1.54, 1.807) is 0 Å². The summed E-state index contributed by atoms with van der Waals surface area (Å²) in [6, 6.07) is 52.6. The Morgan fingerprint density at radius 2 is 1.22 bits per heavy atom. The summed E-state index contributed by atoms with van der Waals surface area (Å²) in [6.45, 7) is 0. The van der Waals surface area contributed by atoms with E-state index in [9.17, 15) is 0 Å². The zero-order valence-electron chi connectivity index (χ0n) is 26.1.